The Morgan fingerprint density at radius 2 is 1.88 bits per heavy atom. The Morgan fingerprint density at radius 3 is 2.44 bits per heavy atom. The van der Waals surface area contributed by atoms with Crippen LogP contribution in [0.4, 0.5) is 4.39 Å². The van der Waals surface area contributed by atoms with Crippen LogP contribution in [0.1, 0.15) is 31.0 Å². The molecule has 0 bridgehead atoms. The van der Waals surface area contributed by atoms with Gasteiger partial charge in [0.15, 0.2) is 0 Å². The number of nitrogens with zero attached hydrogens (tertiary/aromatic N) is 2. The van der Waals surface area contributed by atoms with Crippen molar-refractivity contribution in [3.05, 3.63) is 35.1 Å². The minimum atomic E-state index is -0.986. The average Bonchev–Trinajstić information content (AvgIpc) is 2.51. The van der Waals surface area contributed by atoms with Crippen LogP contribution in [0.5, 0.6) is 0 Å². The number of amides is 1. The summed E-state index contributed by atoms with van der Waals surface area (Å²) < 4.78 is 13.6. The Balaban J connectivity index is 2.02. The van der Waals surface area contributed by atoms with Crippen LogP contribution in [-0.4, -0.2) is 65.5 Å². The summed E-state index contributed by atoms with van der Waals surface area (Å²) in [6.45, 7) is 8.15. The van der Waals surface area contributed by atoms with Gasteiger partial charge < -0.3 is 10.4 Å². The molecule has 1 aromatic carbocycles. The standard InChI is InChI=1S/C18H26FN3O3/c1-12(2)20-16(23)11-21-6-8-22(9-7-21)17(18(24)25)15-10-14(19)5-4-13(15)3/h4-5,10,12,17H,6-9,11H2,1-3H3,(H,20,23)(H,24,25). The average molecular weight is 351 g/mol. The van der Waals surface area contributed by atoms with Crippen LogP contribution in [0.3, 0.4) is 0 Å². The van der Waals surface area contributed by atoms with E-state index in [1.165, 1.54) is 12.1 Å². The number of halogens is 1. The molecule has 0 saturated carbocycles. The Bertz CT molecular complexity index is 628. The third-order valence-electron chi connectivity index (χ3n) is 4.36. The van der Waals surface area contributed by atoms with Gasteiger partial charge in [0.25, 0.3) is 0 Å². The summed E-state index contributed by atoms with van der Waals surface area (Å²) in [6.07, 6.45) is 0. The van der Waals surface area contributed by atoms with Crippen LogP contribution < -0.4 is 5.32 Å². The van der Waals surface area contributed by atoms with Crippen LogP contribution in [0.2, 0.25) is 0 Å². The van der Waals surface area contributed by atoms with Gasteiger partial charge in [-0.3, -0.25) is 19.4 Å². The van der Waals surface area contributed by atoms with E-state index in [4.69, 9.17) is 0 Å². The second kappa shape index (κ2) is 8.40. The Kier molecular flexibility index (Phi) is 6.50. The molecule has 1 aliphatic rings. The van der Waals surface area contributed by atoms with Crippen LogP contribution in [0, 0.1) is 12.7 Å². The highest BCUT2D eigenvalue weighted by Crippen LogP contribution is 2.26. The summed E-state index contributed by atoms with van der Waals surface area (Å²) in [6, 6.07) is 3.47. The number of nitrogens with one attached hydrogen (secondary N) is 1. The van der Waals surface area contributed by atoms with Crippen molar-refractivity contribution in [1.82, 2.24) is 15.1 Å². The highest BCUT2D eigenvalue weighted by molar-refractivity contribution is 5.78. The highest BCUT2D eigenvalue weighted by Gasteiger charge is 2.31. The first-order chi connectivity index (χ1) is 11.8. The zero-order valence-corrected chi connectivity index (χ0v) is 15.0. The molecule has 138 valence electrons. The van der Waals surface area contributed by atoms with E-state index in [9.17, 15) is 19.1 Å². The zero-order chi connectivity index (χ0) is 18.6. The second-order valence-electron chi connectivity index (χ2n) is 6.78. The second-order valence-corrected chi connectivity index (χ2v) is 6.78. The van der Waals surface area contributed by atoms with Crippen molar-refractivity contribution in [1.29, 1.82) is 0 Å². The van der Waals surface area contributed by atoms with Gasteiger partial charge in [0, 0.05) is 32.2 Å². The number of benzene rings is 1. The van der Waals surface area contributed by atoms with E-state index in [0.29, 0.717) is 38.3 Å². The number of hydrogen-bond acceptors (Lipinski definition) is 4. The van der Waals surface area contributed by atoms with E-state index < -0.39 is 17.8 Å². The number of hydrogen-bond donors (Lipinski definition) is 2. The normalized spacial score (nSPS) is 17.5. The molecule has 0 aromatic heterocycles. The summed E-state index contributed by atoms with van der Waals surface area (Å²) in [5.74, 6) is -1.45. The SMILES string of the molecule is Cc1ccc(F)cc1C(C(=O)O)N1CCN(CC(=O)NC(C)C)CC1. The van der Waals surface area contributed by atoms with Gasteiger partial charge in [-0.1, -0.05) is 6.07 Å². The molecule has 1 aromatic rings. The first-order valence-electron chi connectivity index (χ1n) is 8.52. The molecule has 1 unspecified atom stereocenters. The van der Waals surface area contributed by atoms with E-state index in [0.717, 1.165) is 5.56 Å². The lowest BCUT2D eigenvalue weighted by Crippen LogP contribution is -2.52. The first-order valence-corrected chi connectivity index (χ1v) is 8.52. The van der Waals surface area contributed by atoms with E-state index in [1.54, 1.807) is 13.0 Å². The molecule has 7 heteroatoms. The molecule has 2 rings (SSSR count). The summed E-state index contributed by atoms with van der Waals surface area (Å²) in [7, 11) is 0. The molecule has 1 aliphatic heterocycles. The van der Waals surface area contributed by atoms with Gasteiger partial charge in [-0.2, -0.15) is 0 Å². The van der Waals surface area contributed by atoms with Crippen molar-refractivity contribution >= 4 is 11.9 Å². The van der Waals surface area contributed by atoms with E-state index >= 15 is 0 Å². The third-order valence-corrected chi connectivity index (χ3v) is 4.36. The van der Waals surface area contributed by atoms with Gasteiger partial charge in [0.05, 0.1) is 6.54 Å². The summed E-state index contributed by atoms with van der Waals surface area (Å²) >= 11 is 0. The van der Waals surface area contributed by atoms with Crippen LogP contribution in [0.15, 0.2) is 18.2 Å². The van der Waals surface area contributed by atoms with Gasteiger partial charge in [-0.15, -0.1) is 0 Å². The largest absolute Gasteiger partial charge is 0.480 e. The summed E-state index contributed by atoms with van der Waals surface area (Å²) in [4.78, 5) is 27.5. The zero-order valence-electron chi connectivity index (χ0n) is 15.0. The fraction of sp³-hybridized carbons (Fsp3) is 0.556. The molecule has 1 saturated heterocycles. The van der Waals surface area contributed by atoms with Gasteiger partial charge in [0.2, 0.25) is 5.91 Å². The maximum Gasteiger partial charge on any atom is 0.325 e. The third kappa shape index (κ3) is 5.24. The number of carbonyl (C=O) groups is 2. The Morgan fingerprint density at radius 1 is 1.24 bits per heavy atom. The monoisotopic (exact) mass is 351 g/mol. The highest BCUT2D eigenvalue weighted by atomic mass is 19.1. The number of aryl methyl sites for hydroxylation is 1. The minimum Gasteiger partial charge on any atom is -0.480 e. The van der Waals surface area contributed by atoms with E-state index in [-0.39, 0.29) is 11.9 Å². The minimum absolute atomic E-state index is 0.0285. The fourth-order valence-corrected chi connectivity index (χ4v) is 3.14. The molecule has 1 atom stereocenters. The smallest absolute Gasteiger partial charge is 0.325 e. The number of carbonyl (C=O) groups excluding carboxylic acids is 1. The van der Waals surface area contributed by atoms with Crippen LogP contribution in [-0.2, 0) is 9.59 Å². The maximum atomic E-state index is 13.6. The molecular weight excluding hydrogens is 325 g/mol. The molecule has 0 spiro atoms. The van der Waals surface area contributed by atoms with Gasteiger partial charge in [-0.05, 0) is 44.0 Å². The molecule has 0 radical (unpaired) electrons. The number of carboxylic acid groups (broad SMARTS) is 1. The van der Waals surface area contributed by atoms with Crippen LogP contribution >= 0.6 is 0 Å². The number of aliphatic carboxylic acids is 1. The Labute approximate surface area is 147 Å². The summed E-state index contributed by atoms with van der Waals surface area (Å²) in [5.41, 5.74) is 1.24. The van der Waals surface area contributed by atoms with Crippen LogP contribution in [0.25, 0.3) is 0 Å². The van der Waals surface area contributed by atoms with Crippen molar-refractivity contribution in [2.75, 3.05) is 32.7 Å². The Hall–Kier alpha value is -1.99. The number of piperazine rings is 1. The van der Waals surface area contributed by atoms with Crippen molar-refractivity contribution < 1.29 is 19.1 Å². The molecular formula is C18H26FN3O3. The van der Waals surface area contributed by atoms with Crippen molar-refractivity contribution in [3.8, 4) is 0 Å². The molecule has 2 N–H and O–H groups in total. The summed E-state index contributed by atoms with van der Waals surface area (Å²) in [5, 5.41) is 12.5. The first kappa shape index (κ1) is 19.3. The molecule has 6 nitrogen and oxygen atoms in total. The fourth-order valence-electron chi connectivity index (χ4n) is 3.14. The quantitative estimate of drug-likeness (QED) is 0.811. The van der Waals surface area contributed by atoms with E-state index in [2.05, 4.69) is 5.32 Å². The molecule has 1 fully saturated rings. The molecule has 1 amide bonds. The topological polar surface area (TPSA) is 72.9 Å². The van der Waals surface area contributed by atoms with Gasteiger partial charge in [-0.25, -0.2) is 4.39 Å². The van der Waals surface area contributed by atoms with Crippen molar-refractivity contribution in [2.24, 2.45) is 0 Å². The lowest BCUT2D eigenvalue weighted by atomic mass is 9.99. The molecule has 0 aliphatic carbocycles. The van der Waals surface area contributed by atoms with E-state index in [1.807, 2.05) is 23.6 Å². The number of carboxylic acids is 1. The predicted octanol–water partition coefficient (Wildman–Crippen LogP) is 1.40. The lowest BCUT2D eigenvalue weighted by molar-refractivity contribution is -0.144. The maximum absolute atomic E-state index is 13.6. The lowest BCUT2D eigenvalue weighted by Gasteiger charge is -2.38. The van der Waals surface area contributed by atoms with Gasteiger partial charge in [0.1, 0.15) is 11.9 Å². The van der Waals surface area contributed by atoms with Gasteiger partial charge >= 0.3 is 5.97 Å². The molecule has 25 heavy (non-hydrogen) atoms. The van der Waals surface area contributed by atoms with Crippen molar-refractivity contribution in [3.63, 3.8) is 0 Å². The predicted molar refractivity (Wildman–Crippen MR) is 92.8 cm³/mol. The van der Waals surface area contributed by atoms with Crippen molar-refractivity contribution in [2.45, 2.75) is 32.9 Å². The molecule has 1 heterocycles. The number of rotatable bonds is 6.